The van der Waals surface area contributed by atoms with Crippen LogP contribution in [0.25, 0.3) is 6.08 Å². The highest BCUT2D eigenvalue weighted by Gasteiger charge is 2.37. The van der Waals surface area contributed by atoms with E-state index in [0.717, 1.165) is 12.1 Å². The average Bonchev–Trinajstić information content (AvgIpc) is 2.98. The Morgan fingerprint density at radius 3 is 2.42 bits per heavy atom. The van der Waals surface area contributed by atoms with E-state index in [0.29, 0.717) is 28.3 Å². The number of carbonyl (C=O) groups is 3. The van der Waals surface area contributed by atoms with Crippen molar-refractivity contribution in [1.82, 2.24) is 4.90 Å². The molecule has 2 N–H and O–H groups in total. The number of imide groups is 1. The number of hydrogen-bond acceptors (Lipinski definition) is 6. The maximum atomic E-state index is 13.0. The quantitative estimate of drug-likeness (QED) is 0.512. The van der Waals surface area contributed by atoms with E-state index in [2.05, 4.69) is 5.32 Å². The van der Waals surface area contributed by atoms with Gasteiger partial charge in [-0.2, -0.15) is 13.2 Å². The molecule has 0 saturated carbocycles. The van der Waals surface area contributed by atoms with Crippen LogP contribution >= 0.6 is 35.0 Å². The highest BCUT2D eigenvalue weighted by Crippen LogP contribution is 2.37. The smallest absolute Gasteiger partial charge is 0.416 e. The zero-order chi connectivity index (χ0) is 24.5. The Bertz CT molecular complexity index is 1160. The first kappa shape index (κ1) is 24.7. The standard InChI is InChI=1S/C20H13Cl2F3N2O5S/c1-32-14-3-2-10(20(23,24)25)7-13(14)26-16(28)8-27-18(30)15(33-19(27)31)6-9-4-11(21)17(29)12(22)5-9/h2-7,29H,8H2,1H3,(H,26,28)/b15-6-. The van der Waals surface area contributed by atoms with E-state index >= 15 is 0 Å². The van der Waals surface area contributed by atoms with Gasteiger partial charge in [-0.25, -0.2) is 0 Å². The molecule has 0 bridgehead atoms. The average molecular weight is 521 g/mol. The number of alkyl halides is 3. The van der Waals surface area contributed by atoms with Crippen molar-refractivity contribution in [2.45, 2.75) is 6.18 Å². The zero-order valence-corrected chi connectivity index (χ0v) is 18.8. The first-order valence-corrected chi connectivity index (χ1v) is 10.5. The maximum absolute atomic E-state index is 13.0. The lowest BCUT2D eigenvalue weighted by atomic mass is 10.1. The fourth-order valence-corrected chi connectivity index (χ4v) is 4.11. The monoisotopic (exact) mass is 520 g/mol. The molecule has 0 spiro atoms. The third-order valence-electron chi connectivity index (χ3n) is 4.31. The SMILES string of the molecule is COc1ccc(C(F)(F)F)cc1NC(=O)CN1C(=O)S/C(=C\c2cc(Cl)c(O)c(Cl)c2)C1=O. The van der Waals surface area contributed by atoms with Crippen molar-refractivity contribution in [3.63, 3.8) is 0 Å². The topological polar surface area (TPSA) is 95.9 Å². The molecule has 0 aromatic heterocycles. The van der Waals surface area contributed by atoms with E-state index in [-0.39, 0.29) is 32.1 Å². The second kappa shape index (κ2) is 9.54. The van der Waals surface area contributed by atoms with Crippen LogP contribution in [0, 0.1) is 0 Å². The summed E-state index contributed by atoms with van der Waals surface area (Å²) in [7, 11) is 1.21. The van der Waals surface area contributed by atoms with Gasteiger partial charge in [0.1, 0.15) is 12.3 Å². The molecule has 0 aliphatic carbocycles. The minimum Gasteiger partial charge on any atom is -0.505 e. The van der Waals surface area contributed by atoms with Gasteiger partial charge in [0.05, 0.1) is 33.3 Å². The number of nitrogens with one attached hydrogen (secondary N) is 1. The fraction of sp³-hybridized carbons (Fsp3) is 0.150. The van der Waals surface area contributed by atoms with Gasteiger partial charge in [0, 0.05) is 0 Å². The van der Waals surface area contributed by atoms with Crippen LogP contribution in [-0.4, -0.2) is 40.7 Å². The lowest BCUT2D eigenvalue weighted by Crippen LogP contribution is -2.36. The molecule has 33 heavy (non-hydrogen) atoms. The molecule has 1 saturated heterocycles. The lowest BCUT2D eigenvalue weighted by molar-refractivity contribution is -0.137. The minimum atomic E-state index is -4.65. The number of aromatic hydroxyl groups is 1. The minimum absolute atomic E-state index is 0.0357. The molecule has 2 aromatic carbocycles. The maximum Gasteiger partial charge on any atom is 0.416 e. The number of anilines is 1. The highest BCUT2D eigenvalue weighted by molar-refractivity contribution is 8.18. The second-order valence-corrected chi connectivity index (χ2v) is 8.37. The number of carbonyl (C=O) groups excluding carboxylic acids is 3. The Kier molecular flexibility index (Phi) is 7.15. The Morgan fingerprint density at radius 1 is 1.21 bits per heavy atom. The van der Waals surface area contributed by atoms with Crippen LogP contribution in [-0.2, 0) is 15.8 Å². The number of ether oxygens (including phenoxy) is 1. The van der Waals surface area contributed by atoms with Gasteiger partial charge < -0.3 is 15.2 Å². The molecule has 1 aliphatic rings. The summed E-state index contributed by atoms with van der Waals surface area (Å²) in [5.41, 5.74) is -0.960. The zero-order valence-electron chi connectivity index (χ0n) is 16.5. The molecule has 0 atom stereocenters. The normalized spacial score (nSPS) is 15.3. The summed E-state index contributed by atoms with van der Waals surface area (Å²) in [6, 6.07) is 5.16. The van der Waals surface area contributed by atoms with E-state index in [1.54, 1.807) is 0 Å². The Labute approximate surface area is 199 Å². The summed E-state index contributed by atoms with van der Waals surface area (Å²) in [4.78, 5) is 37.8. The van der Waals surface area contributed by atoms with Crippen LogP contribution in [0.5, 0.6) is 11.5 Å². The van der Waals surface area contributed by atoms with E-state index in [1.165, 1.54) is 25.3 Å². The molecule has 13 heteroatoms. The van der Waals surface area contributed by atoms with Crippen LogP contribution in [0.3, 0.4) is 0 Å². The predicted molar refractivity (Wildman–Crippen MR) is 117 cm³/mol. The van der Waals surface area contributed by atoms with Gasteiger partial charge in [0.2, 0.25) is 5.91 Å². The van der Waals surface area contributed by atoms with Crippen molar-refractivity contribution in [3.05, 3.63) is 56.4 Å². The summed E-state index contributed by atoms with van der Waals surface area (Å²) in [6.45, 7) is -0.738. The summed E-state index contributed by atoms with van der Waals surface area (Å²) in [5.74, 6) is -2.08. The van der Waals surface area contributed by atoms with Crippen molar-refractivity contribution < 1.29 is 37.4 Å². The van der Waals surface area contributed by atoms with Crippen LogP contribution in [0.15, 0.2) is 35.2 Å². The molecule has 7 nitrogen and oxygen atoms in total. The molecule has 3 rings (SSSR count). The molecule has 1 aliphatic heterocycles. The summed E-state index contributed by atoms with van der Waals surface area (Å²) < 4.78 is 43.9. The van der Waals surface area contributed by atoms with Crippen molar-refractivity contribution in [3.8, 4) is 11.5 Å². The molecule has 0 radical (unpaired) electrons. The number of rotatable bonds is 5. The van der Waals surface area contributed by atoms with Gasteiger partial charge in [-0.1, -0.05) is 23.2 Å². The Balaban J connectivity index is 1.77. The van der Waals surface area contributed by atoms with Gasteiger partial charge in [-0.15, -0.1) is 0 Å². The fourth-order valence-electron chi connectivity index (χ4n) is 2.77. The van der Waals surface area contributed by atoms with Crippen LogP contribution in [0.2, 0.25) is 10.0 Å². The number of thioether (sulfide) groups is 1. The number of methoxy groups -OCH3 is 1. The first-order valence-electron chi connectivity index (χ1n) is 8.89. The van der Waals surface area contributed by atoms with Crippen LogP contribution < -0.4 is 10.1 Å². The summed E-state index contributed by atoms with van der Waals surface area (Å²) >= 11 is 12.2. The summed E-state index contributed by atoms with van der Waals surface area (Å²) in [5, 5.41) is 10.9. The molecule has 2 aromatic rings. The van der Waals surface area contributed by atoms with Gasteiger partial charge in [0.25, 0.3) is 11.1 Å². The Hall–Kier alpha value is -2.89. The van der Waals surface area contributed by atoms with E-state index in [9.17, 15) is 32.7 Å². The molecule has 1 heterocycles. The van der Waals surface area contributed by atoms with Crippen LogP contribution in [0.4, 0.5) is 23.7 Å². The van der Waals surface area contributed by atoms with Crippen LogP contribution in [0.1, 0.15) is 11.1 Å². The molecule has 174 valence electrons. The molecular formula is C20H13Cl2F3N2O5S. The summed E-state index contributed by atoms with van der Waals surface area (Å²) in [6.07, 6.45) is -3.35. The number of benzene rings is 2. The third-order valence-corrected chi connectivity index (χ3v) is 5.80. The van der Waals surface area contributed by atoms with Gasteiger partial charge >= 0.3 is 6.18 Å². The van der Waals surface area contributed by atoms with E-state index in [1.807, 2.05) is 0 Å². The number of halogens is 5. The van der Waals surface area contributed by atoms with Crippen molar-refractivity contribution in [1.29, 1.82) is 0 Å². The lowest BCUT2D eigenvalue weighted by Gasteiger charge is -2.16. The number of nitrogens with zero attached hydrogens (tertiary/aromatic N) is 1. The molecular weight excluding hydrogens is 508 g/mol. The number of phenolic OH excluding ortho intramolecular Hbond substituents is 1. The van der Waals surface area contributed by atoms with Gasteiger partial charge in [-0.3, -0.25) is 19.3 Å². The highest BCUT2D eigenvalue weighted by atomic mass is 35.5. The Morgan fingerprint density at radius 2 is 1.85 bits per heavy atom. The van der Waals surface area contributed by atoms with Crippen molar-refractivity contribution in [2.24, 2.45) is 0 Å². The molecule has 3 amide bonds. The largest absolute Gasteiger partial charge is 0.505 e. The van der Waals surface area contributed by atoms with Gasteiger partial charge in [0.15, 0.2) is 5.75 Å². The van der Waals surface area contributed by atoms with Crippen molar-refractivity contribution >= 4 is 63.8 Å². The molecule has 0 unspecified atom stereocenters. The second-order valence-electron chi connectivity index (χ2n) is 6.56. The van der Waals surface area contributed by atoms with Gasteiger partial charge in [-0.05, 0) is 53.7 Å². The van der Waals surface area contributed by atoms with Crippen molar-refractivity contribution in [2.75, 3.05) is 19.0 Å². The van der Waals surface area contributed by atoms with E-state index < -0.39 is 35.3 Å². The first-order chi connectivity index (χ1) is 15.4. The number of amides is 3. The molecule has 1 fully saturated rings. The van der Waals surface area contributed by atoms with E-state index in [4.69, 9.17) is 27.9 Å². The third kappa shape index (κ3) is 5.55. The number of hydrogen-bond donors (Lipinski definition) is 2. The predicted octanol–water partition coefficient (Wildman–Crippen LogP) is 5.40. The number of phenols is 1.